The zero-order valence-corrected chi connectivity index (χ0v) is 8.27. The topological polar surface area (TPSA) is 24.9 Å². The van der Waals surface area contributed by atoms with Gasteiger partial charge in [0.05, 0.1) is 10.5 Å². The van der Waals surface area contributed by atoms with Crippen LogP contribution in [0, 0.1) is 5.82 Å². The van der Waals surface area contributed by atoms with Crippen LogP contribution in [0.15, 0.2) is 24.3 Å². The molecule has 0 bridgehead atoms. The largest absolute Gasteiger partial charge is 0.373 e. The molecule has 72 valence electrons. The molecule has 2 nitrogen and oxygen atoms in total. The molecule has 0 unspecified atom stereocenters. The summed E-state index contributed by atoms with van der Waals surface area (Å²) in [5, 5.41) is 4.02. The van der Waals surface area contributed by atoms with Gasteiger partial charge in [-0.05, 0) is 18.2 Å². The molecular formula is C10H8ClFN2. The summed E-state index contributed by atoms with van der Waals surface area (Å²) in [6, 6.07) is 6.26. The highest BCUT2D eigenvalue weighted by Gasteiger charge is 2.03. The lowest BCUT2D eigenvalue weighted by Crippen LogP contribution is -1.92. The summed E-state index contributed by atoms with van der Waals surface area (Å²) in [7, 11) is 1.76. The minimum Gasteiger partial charge on any atom is -0.373 e. The molecule has 0 saturated carbocycles. The average Bonchev–Trinajstić information content (AvgIpc) is 2.16. The average molecular weight is 211 g/mol. The van der Waals surface area contributed by atoms with Crippen LogP contribution in [0.3, 0.4) is 0 Å². The molecule has 4 heteroatoms. The Hall–Kier alpha value is -1.35. The monoisotopic (exact) mass is 210 g/mol. The molecule has 0 aliphatic heterocycles. The van der Waals surface area contributed by atoms with Gasteiger partial charge in [0.1, 0.15) is 11.6 Å². The molecule has 1 aromatic heterocycles. The lowest BCUT2D eigenvalue weighted by Gasteiger charge is -2.03. The van der Waals surface area contributed by atoms with E-state index in [1.165, 1.54) is 12.1 Å². The van der Waals surface area contributed by atoms with Crippen LogP contribution in [0.2, 0.25) is 5.02 Å². The first-order valence-corrected chi connectivity index (χ1v) is 4.52. The number of nitrogens with one attached hydrogen (secondary N) is 1. The Balaban J connectivity index is 2.75. The maximum Gasteiger partial charge on any atom is 0.126 e. The van der Waals surface area contributed by atoms with Gasteiger partial charge in [-0.25, -0.2) is 9.37 Å². The third-order valence-corrected chi connectivity index (χ3v) is 2.29. The highest BCUT2D eigenvalue weighted by Crippen LogP contribution is 2.24. The minimum atomic E-state index is -0.372. The van der Waals surface area contributed by atoms with Crippen molar-refractivity contribution in [1.29, 1.82) is 0 Å². The highest BCUT2D eigenvalue weighted by molar-refractivity contribution is 6.35. The van der Waals surface area contributed by atoms with E-state index in [9.17, 15) is 4.39 Å². The van der Waals surface area contributed by atoms with E-state index in [-0.39, 0.29) is 5.82 Å². The lowest BCUT2D eigenvalue weighted by atomic mass is 10.2. The predicted octanol–water partition coefficient (Wildman–Crippen LogP) is 3.07. The maximum absolute atomic E-state index is 13.0. The first kappa shape index (κ1) is 9.21. The van der Waals surface area contributed by atoms with Crippen molar-refractivity contribution in [2.75, 3.05) is 12.4 Å². The molecule has 0 radical (unpaired) electrons. The summed E-state index contributed by atoms with van der Waals surface area (Å²) in [5.41, 5.74) is 0.557. The number of pyridine rings is 1. The van der Waals surface area contributed by atoms with Gasteiger partial charge in [0.2, 0.25) is 0 Å². The number of hydrogen-bond acceptors (Lipinski definition) is 2. The molecule has 0 fully saturated rings. The normalized spacial score (nSPS) is 10.5. The van der Waals surface area contributed by atoms with E-state index in [1.807, 2.05) is 6.07 Å². The molecule has 1 aromatic carbocycles. The molecule has 2 rings (SSSR count). The second-order valence-corrected chi connectivity index (χ2v) is 3.31. The summed E-state index contributed by atoms with van der Waals surface area (Å²) in [6.45, 7) is 0. The van der Waals surface area contributed by atoms with Crippen molar-refractivity contribution in [3.05, 3.63) is 35.1 Å². The molecule has 1 heterocycles. The van der Waals surface area contributed by atoms with Crippen LogP contribution in [0.4, 0.5) is 10.2 Å². The van der Waals surface area contributed by atoms with Crippen molar-refractivity contribution >= 4 is 28.3 Å². The number of halogens is 2. The minimum absolute atomic E-state index is 0.372. The van der Waals surface area contributed by atoms with Crippen molar-refractivity contribution < 1.29 is 4.39 Å². The predicted molar refractivity (Wildman–Crippen MR) is 56.3 cm³/mol. The maximum atomic E-state index is 13.0. The molecule has 1 N–H and O–H groups in total. The van der Waals surface area contributed by atoms with Gasteiger partial charge in [-0.3, -0.25) is 0 Å². The van der Waals surface area contributed by atoms with E-state index in [2.05, 4.69) is 10.3 Å². The van der Waals surface area contributed by atoms with Gasteiger partial charge in [-0.2, -0.15) is 0 Å². The Morgan fingerprint density at radius 1 is 1.36 bits per heavy atom. The molecular weight excluding hydrogens is 203 g/mol. The molecule has 0 aliphatic carbocycles. The van der Waals surface area contributed by atoms with Gasteiger partial charge < -0.3 is 5.32 Å². The van der Waals surface area contributed by atoms with E-state index in [4.69, 9.17) is 11.6 Å². The zero-order valence-electron chi connectivity index (χ0n) is 7.51. The van der Waals surface area contributed by atoms with Crippen molar-refractivity contribution in [2.45, 2.75) is 0 Å². The Kier molecular flexibility index (Phi) is 2.25. The highest BCUT2D eigenvalue weighted by atomic mass is 35.5. The van der Waals surface area contributed by atoms with Crippen molar-refractivity contribution in [1.82, 2.24) is 4.98 Å². The number of aromatic nitrogens is 1. The number of fused-ring (bicyclic) bond motifs is 1. The summed E-state index contributed by atoms with van der Waals surface area (Å²) in [4.78, 5) is 4.18. The molecule has 14 heavy (non-hydrogen) atoms. The second kappa shape index (κ2) is 3.42. The van der Waals surface area contributed by atoms with Crippen molar-refractivity contribution in [3.8, 4) is 0 Å². The van der Waals surface area contributed by atoms with Crippen LogP contribution in [0.1, 0.15) is 0 Å². The summed E-state index contributed by atoms with van der Waals surface area (Å²) < 4.78 is 13.0. The fraction of sp³-hybridized carbons (Fsp3) is 0.100. The molecule has 0 spiro atoms. The van der Waals surface area contributed by atoms with E-state index in [1.54, 1.807) is 13.1 Å². The van der Waals surface area contributed by atoms with E-state index >= 15 is 0 Å². The van der Waals surface area contributed by atoms with E-state index in [0.29, 0.717) is 16.4 Å². The van der Waals surface area contributed by atoms with Gasteiger partial charge in [0.25, 0.3) is 0 Å². The molecule has 0 saturated heterocycles. The van der Waals surface area contributed by atoms with Crippen LogP contribution in [0.5, 0.6) is 0 Å². The Morgan fingerprint density at radius 2 is 2.14 bits per heavy atom. The summed E-state index contributed by atoms with van der Waals surface area (Å²) in [5.74, 6) is 0.322. The lowest BCUT2D eigenvalue weighted by molar-refractivity contribution is 0.629. The second-order valence-electron chi connectivity index (χ2n) is 2.90. The van der Waals surface area contributed by atoms with Crippen LogP contribution in [-0.4, -0.2) is 12.0 Å². The van der Waals surface area contributed by atoms with Crippen molar-refractivity contribution in [3.63, 3.8) is 0 Å². The Morgan fingerprint density at radius 3 is 2.86 bits per heavy atom. The Bertz CT molecular complexity index is 485. The smallest absolute Gasteiger partial charge is 0.126 e. The first-order chi connectivity index (χ1) is 6.70. The third-order valence-electron chi connectivity index (χ3n) is 1.98. The Labute approximate surface area is 85.7 Å². The SMILES string of the molecule is CNc1ccc2c(Cl)cc(F)cc2n1. The van der Waals surface area contributed by atoms with E-state index in [0.717, 1.165) is 5.39 Å². The zero-order chi connectivity index (χ0) is 10.1. The number of rotatable bonds is 1. The molecule has 2 aromatic rings. The number of benzene rings is 1. The summed E-state index contributed by atoms with van der Waals surface area (Å²) in [6.07, 6.45) is 0. The van der Waals surface area contributed by atoms with Crippen LogP contribution in [-0.2, 0) is 0 Å². The van der Waals surface area contributed by atoms with Crippen LogP contribution >= 0.6 is 11.6 Å². The van der Waals surface area contributed by atoms with Gasteiger partial charge in [0.15, 0.2) is 0 Å². The standard InChI is InChI=1S/C10H8ClFN2/c1-13-10-3-2-7-8(11)4-6(12)5-9(7)14-10/h2-5H,1H3,(H,13,14). The number of nitrogens with zero attached hydrogens (tertiary/aromatic N) is 1. The van der Waals surface area contributed by atoms with Crippen LogP contribution in [0.25, 0.3) is 10.9 Å². The van der Waals surface area contributed by atoms with Gasteiger partial charge in [-0.15, -0.1) is 0 Å². The van der Waals surface area contributed by atoms with E-state index < -0.39 is 0 Å². The van der Waals surface area contributed by atoms with Gasteiger partial charge in [0, 0.05) is 18.5 Å². The van der Waals surface area contributed by atoms with Crippen molar-refractivity contribution in [2.24, 2.45) is 0 Å². The van der Waals surface area contributed by atoms with Crippen LogP contribution < -0.4 is 5.32 Å². The molecule has 0 amide bonds. The first-order valence-electron chi connectivity index (χ1n) is 4.14. The third kappa shape index (κ3) is 1.51. The number of anilines is 1. The summed E-state index contributed by atoms with van der Waals surface area (Å²) >= 11 is 5.86. The fourth-order valence-corrected chi connectivity index (χ4v) is 1.56. The quantitative estimate of drug-likeness (QED) is 0.783. The van der Waals surface area contributed by atoms with Gasteiger partial charge >= 0.3 is 0 Å². The van der Waals surface area contributed by atoms with Gasteiger partial charge in [-0.1, -0.05) is 11.6 Å². The fourth-order valence-electron chi connectivity index (χ4n) is 1.30. The molecule has 0 aliphatic rings. The number of hydrogen-bond donors (Lipinski definition) is 1. The molecule has 0 atom stereocenters.